The van der Waals surface area contributed by atoms with Crippen molar-refractivity contribution in [3.05, 3.63) is 12.2 Å². The van der Waals surface area contributed by atoms with E-state index in [1.54, 1.807) is 0 Å². The van der Waals surface area contributed by atoms with Gasteiger partial charge in [-0.25, -0.2) is 0 Å². The lowest BCUT2D eigenvalue weighted by atomic mass is 9.90. The van der Waals surface area contributed by atoms with Gasteiger partial charge in [-0.2, -0.15) is 23.5 Å². The van der Waals surface area contributed by atoms with E-state index in [0.717, 1.165) is 24.7 Å². The number of unbranched alkanes of at least 4 members (excludes halogenated alkanes) is 4. The summed E-state index contributed by atoms with van der Waals surface area (Å²) < 4.78 is 0. The molecule has 1 aliphatic rings. The van der Waals surface area contributed by atoms with Crippen molar-refractivity contribution in [3.63, 3.8) is 0 Å². The highest BCUT2D eigenvalue weighted by Gasteiger charge is 2.26. The summed E-state index contributed by atoms with van der Waals surface area (Å²) in [5.74, 6) is 6.38. The molecule has 1 heterocycles. The van der Waals surface area contributed by atoms with Gasteiger partial charge in [-0.3, -0.25) is 4.79 Å². The normalized spacial score (nSPS) is 21.3. The smallest absolute Gasteiger partial charge is 0.303 e. The van der Waals surface area contributed by atoms with Crippen LogP contribution in [0.2, 0.25) is 0 Å². The lowest BCUT2D eigenvalue weighted by molar-refractivity contribution is -0.137. The second kappa shape index (κ2) is 14.3. The predicted octanol–water partition coefficient (Wildman–Crippen LogP) is 5.87. The molecule has 0 aliphatic carbocycles. The van der Waals surface area contributed by atoms with Gasteiger partial charge >= 0.3 is 5.97 Å². The van der Waals surface area contributed by atoms with E-state index in [-0.39, 0.29) is 0 Å². The number of aliphatic carboxylic acids is 1. The van der Waals surface area contributed by atoms with E-state index in [0.29, 0.717) is 6.42 Å². The summed E-state index contributed by atoms with van der Waals surface area (Å²) in [4.78, 5) is 10.5. The topological polar surface area (TPSA) is 37.3 Å². The molecule has 1 fully saturated rings. The number of allylic oxidation sites excluding steroid dienone is 2. The lowest BCUT2D eigenvalue weighted by Crippen LogP contribution is -2.12. The van der Waals surface area contributed by atoms with Gasteiger partial charge in [-0.05, 0) is 67.0 Å². The lowest BCUT2D eigenvalue weighted by Gasteiger charge is -2.16. The minimum Gasteiger partial charge on any atom is -0.481 e. The molecule has 0 aromatic carbocycles. The largest absolute Gasteiger partial charge is 0.481 e. The van der Waals surface area contributed by atoms with E-state index < -0.39 is 5.97 Å². The summed E-state index contributed by atoms with van der Waals surface area (Å²) in [6, 6.07) is 0. The van der Waals surface area contributed by atoms with Crippen LogP contribution in [-0.2, 0) is 4.79 Å². The van der Waals surface area contributed by atoms with Gasteiger partial charge in [0.05, 0.1) is 0 Å². The molecular weight excluding hydrogens is 324 g/mol. The zero-order valence-corrected chi connectivity index (χ0v) is 16.3. The predicted molar refractivity (Wildman–Crippen MR) is 106 cm³/mol. The van der Waals surface area contributed by atoms with Crippen LogP contribution in [0.25, 0.3) is 0 Å². The molecule has 0 aromatic rings. The fourth-order valence-electron chi connectivity index (χ4n) is 2.95. The summed E-state index contributed by atoms with van der Waals surface area (Å²) in [6.45, 7) is 2.27. The number of carboxylic acids is 1. The fourth-order valence-corrected chi connectivity index (χ4v) is 5.62. The highest BCUT2D eigenvalue weighted by atomic mass is 32.2. The van der Waals surface area contributed by atoms with Gasteiger partial charge in [0.2, 0.25) is 0 Å². The Bertz CT molecular complexity index is 331. The van der Waals surface area contributed by atoms with Gasteiger partial charge in [0.1, 0.15) is 0 Å². The van der Waals surface area contributed by atoms with Crippen LogP contribution in [0.3, 0.4) is 0 Å². The quantitative estimate of drug-likeness (QED) is 0.311. The van der Waals surface area contributed by atoms with Crippen molar-refractivity contribution in [2.75, 3.05) is 23.0 Å². The van der Waals surface area contributed by atoms with E-state index in [9.17, 15) is 4.79 Å². The number of carbonyl (C=O) groups is 1. The van der Waals surface area contributed by atoms with Crippen molar-refractivity contribution < 1.29 is 9.90 Å². The highest BCUT2D eigenvalue weighted by Crippen LogP contribution is 2.35. The molecule has 0 amide bonds. The first-order valence-electron chi connectivity index (χ1n) is 9.26. The van der Waals surface area contributed by atoms with E-state index in [1.165, 1.54) is 61.5 Å². The molecule has 0 radical (unpaired) electrons. The van der Waals surface area contributed by atoms with Gasteiger partial charge < -0.3 is 5.11 Å². The third-order valence-corrected chi connectivity index (χ3v) is 6.90. The molecule has 0 aromatic heterocycles. The number of rotatable bonds is 14. The van der Waals surface area contributed by atoms with Crippen molar-refractivity contribution in [1.29, 1.82) is 0 Å². The van der Waals surface area contributed by atoms with Crippen LogP contribution in [0.1, 0.15) is 64.7 Å². The fraction of sp³-hybridized carbons (Fsp3) is 0.842. The maximum Gasteiger partial charge on any atom is 0.303 e. The summed E-state index contributed by atoms with van der Waals surface area (Å²) in [7, 11) is 0. The molecular formula is C19H34O2S2. The SMILES string of the molecule is CCCCCCSCC[C@@H]1CSC[C@@H]1CC=CCCCC(=O)O. The number of carboxylic acid groups (broad SMARTS) is 1. The molecule has 0 spiro atoms. The molecule has 0 unspecified atom stereocenters. The summed E-state index contributed by atoms with van der Waals surface area (Å²) >= 11 is 4.26. The molecule has 134 valence electrons. The molecule has 0 bridgehead atoms. The van der Waals surface area contributed by atoms with Crippen molar-refractivity contribution in [2.24, 2.45) is 11.8 Å². The Kier molecular flexibility index (Phi) is 13.0. The van der Waals surface area contributed by atoms with Crippen molar-refractivity contribution in [2.45, 2.75) is 64.7 Å². The Balaban J connectivity index is 2.04. The number of hydrogen-bond acceptors (Lipinski definition) is 3. The van der Waals surface area contributed by atoms with Gasteiger partial charge in [0, 0.05) is 6.42 Å². The molecule has 23 heavy (non-hydrogen) atoms. The van der Waals surface area contributed by atoms with Crippen LogP contribution in [0.15, 0.2) is 12.2 Å². The third kappa shape index (κ3) is 11.1. The summed E-state index contributed by atoms with van der Waals surface area (Å²) in [5, 5.41) is 8.61. The van der Waals surface area contributed by atoms with Gasteiger partial charge in [0.25, 0.3) is 0 Å². The van der Waals surface area contributed by atoms with Crippen molar-refractivity contribution in [1.82, 2.24) is 0 Å². The average Bonchev–Trinajstić information content (AvgIpc) is 2.97. The van der Waals surface area contributed by atoms with Crippen LogP contribution in [0.4, 0.5) is 0 Å². The zero-order chi connectivity index (χ0) is 16.8. The minimum atomic E-state index is -0.683. The number of thioether (sulfide) groups is 2. The standard InChI is InChI=1S/C19H34O2S2/c1-2-3-4-9-13-22-14-12-18-16-23-15-17(18)10-7-5-6-8-11-19(20)21/h5,7,17-18H,2-4,6,8-16H2,1H3,(H,20,21)/t17-,18+/m0/s1. The number of hydrogen-bond donors (Lipinski definition) is 1. The summed E-state index contributed by atoms with van der Waals surface area (Å²) in [5.41, 5.74) is 0. The van der Waals surface area contributed by atoms with E-state index in [2.05, 4.69) is 42.6 Å². The van der Waals surface area contributed by atoms with Gasteiger partial charge in [-0.1, -0.05) is 38.3 Å². The Hall–Kier alpha value is -0.0900. The van der Waals surface area contributed by atoms with E-state index in [1.807, 2.05) is 0 Å². The van der Waals surface area contributed by atoms with Gasteiger partial charge in [-0.15, -0.1) is 0 Å². The molecule has 1 rings (SSSR count). The first kappa shape index (κ1) is 21.0. The molecule has 0 saturated carbocycles. The van der Waals surface area contributed by atoms with Crippen LogP contribution in [0.5, 0.6) is 0 Å². The minimum absolute atomic E-state index is 0.293. The van der Waals surface area contributed by atoms with Crippen LogP contribution in [0, 0.1) is 11.8 Å². The van der Waals surface area contributed by atoms with Crippen molar-refractivity contribution in [3.8, 4) is 0 Å². The molecule has 2 nitrogen and oxygen atoms in total. The Morgan fingerprint density at radius 3 is 2.74 bits per heavy atom. The maximum absolute atomic E-state index is 10.5. The van der Waals surface area contributed by atoms with Crippen LogP contribution in [-0.4, -0.2) is 34.1 Å². The average molecular weight is 359 g/mol. The Morgan fingerprint density at radius 1 is 1.13 bits per heavy atom. The highest BCUT2D eigenvalue weighted by molar-refractivity contribution is 7.99. The zero-order valence-electron chi connectivity index (χ0n) is 14.7. The van der Waals surface area contributed by atoms with Gasteiger partial charge in [0.15, 0.2) is 0 Å². The second-order valence-electron chi connectivity index (χ2n) is 6.51. The van der Waals surface area contributed by atoms with E-state index >= 15 is 0 Å². The van der Waals surface area contributed by atoms with Crippen LogP contribution < -0.4 is 0 Å². The third-order valence-electron chi connectivity index (χ3n) is 4.47. The first-order valence-corrected chi connectivity index (χ1v) is 11.6. The molecule has 1 aliphatic heterocycles. The van der Waals surface area contributed by atoms with Crippen molar-refractivity contribution >= 4 is 29.5 Å². The first-order chi connectivity index (χ1) is 11.2. The van der Waals surface area contributed by atoms with Crippen LogP contribution >= 0.6 is 23.5 Å². The molecule has 4 heteroatoms. The molecule has 2 atom stereocenters. The second-order valence-corrected chi connectivity index (χ2v) is 8.81. The van der Waals surface area contributed by atoms with E-state index in [4.69, 9.17) is 5.11 Å². The molecule has 1 saturated heterocycles. The maximum atomic E-state index is 10.5. The monoisotopic (exact) mass is 358 g/mol. The Morgan fingerprint density at radius 2 is 1.96 bits per heavy atom. The summed E-state index contributed by atoms with van der Waals surface area (Å²) in [6.07, 6.45) is 14.5. The Labute approximate surface area is 151 Å². The molecule has 1 N–H and O–H groups in total.